The Morgan fingerprint density at radius 1 is 1.47 bits per heavy atom. The van der Waals surface area contributed by atoms with Gasteiger partial charge in [-0.1, -0.05) is 18.2 Å². The molecule has 2 N–H and O–H groups in total. The molecule has 0 saturated carbocycles. The quantitative estimate of drug-likeness (QED) is 0.897. The van der Waals surface area contributed by atoms with Crippen molar-refractivity contribution in [2.45, 2.75) is 32.0 Å². The monoisotopic (exact) mass is 259 g/mol. The Labute approximate surface area is 114 Å². The lowest BCUT2D eigenvalue weighted by Crippen LogP contribution is -2.50. The highest BCUT2D eigenvalue weighted by atomic mass is 16.5. The van der Waals surface area contributed by atoms with Gasteiger partial charge in [0.15, 0.2) is 0 Å². The first-order valence-corrected chi connectivity index (χ1v) is 6.75. The van der Waals surface area contributed by atoms with Crippen molar-refractivity contribution < 1.29 is 4.74 Å². The fourth-order valence-electron chi connectivity index (χ4n) is 2.77. The zero-order chi connectivity index (χ0) is 13.8. The van der Waals surface area contributed by atoms with E-state index >= 15 is 0 Å². The Morgan fingerprint density at radius 3 is 2.84 bits per heavy atom. The van der Waals surface area contributed by atoms with Gasteiger partial charge in [0.05, 0.1) is 30.4 Å². The summed E-state index contributed by atoms with van der Waals surface area (Å²) in [5.41, 5.74) is 7.58. The normalized spacial score (nSPS) is 24.4. The molecule has 4 nitrogen and oxygen atoms in total. The van der Waals surface area contributed by atoms with Crippen LogP contribution in [0, 0.1) is 11.3 Å². The Balaban J connectivity index is 2.43. The molecule has 1 saturated heterocycles. The van der Waals surface area contributed by atoms with Crippen LogP contribution in [-0.4, -0.2) is 36.7 Å². The van der Waals surface area contributed by atoms with E-state index in [9.17, 15) is 5.26 Å². The van der Waals surface area contributed by atoms with Crippen LogP contribution in [0.5, 0.6) is 0 Å². The highest BCUT2D eigenvalue weighted by Gasteiger charge is 2.35. The lowest BCUT2D eigenvalue weighted by Gasteiger charge is -2.43. The van der Waals surface area contributed by atoms with Crippen LogP contribution in [0.4, 0.5) is 0 Å². The standard InChI is InChI=1S/C15H21N3O/c1-11(2)18-7-8-19-14(10-17)15(18)13-6-4-3-5-12(13)9-16/h3-6,11,14-15H,7-8,10,17H2,1-2H3. The third-order valence-corrected chi connectivity index (χ3v) is 3.69. The molecule has 0 amide bonds. The molecule has 0 spiro atoms. The van der Waals surface area contributed by atoms with E-state index < -0.39 is 0 Å². The molecule has 0 aliphatic carbocycles. The minimum absolute atomic E-state index is 0.0503. The zero-order valence-electron chi connectivity index (χ0n) is 11.5. The number of benzene rings is 1. The summed E-state index contributed by atoms with van der Waals surface area (Å²) in [4.78, 5) is 2.37. The number of morpholine rings is 1. The van der Waals surface area contributed by atoms with Crippen molar-refractivity contribution in [3.05, 3.63) is 35.4 Å². The third kappa shape index (κ3) is 2.79. The molecule has 0 radical (unpaired) electrons. The van der Waals surface area contributed by atoms with E-state index in [1.807, 2.05) is 24.3 Å². The summed E-state index contributed by atoms with van der Waals surface area (Å²) >= 11 is 0. The maximum atomic E-state index is 9.29. The summed E-state index contributed by atoms with van der Waals surface area (Å²) in [5.74, 6) is 0. The maximum absolute atomic E-state index is 9.29. The predicted octanol–water partition coefficient (Wildman–Crippen LogP) is 1.67. The summed E-state index contributed by atoms with van der Waals surface area (Å²) in [6.07, 6.45) is -0.0503. The number of hydrogen-bond donors (Lipinski definition) is 1. The molecule has 102 valence electrons. The topological polar surface area (TPSA) is 62.3 Å². The largest absolute Gasteiger partial charge is 0.374 e. The molecule has 0 aromatic heterocycles. The van der Waals surface area contributed by atoms with E-state index in [0.29, 0.717) is 24.8 Å². The number of hydrogen-bond acceptors (Lipinski definition) is 4. The van der Waals surface area contributed by atoms with Crippen molar-refractivity contribution in [3.63, 3.8) is 0 Å². The summed E-state index contributed by atoms with van der Waals surface area (Å²) in [6, 6.07) is 10.5. The molecule has 4 heteroatoms. The molecular formula is C15H21N3O. The second kappa shape index (κ2) is 6.16. The summed E-state index contributed by atoms with van der Waals surface area (Å²) in [5, 5.41) is 9.29. The third-order valence-electron chi connectivity index (χ3n) is 3.69. The first kappa shape index (κ1) is 14.0. The van der Waals surface area contributed by atoms with Gasteiger partial charge in [-0.2, -0.15) is 5.26 Å². The van der Waals surface area contributed by atoms with Gasteiger partial charge in [-0.05, 0) is 25.5 Å². The highest BCUT2D eigenvalue weighted by molar-refractivity contribution is 5.40. The van der Waals surface area contributed by atoms with Crippen molar-refractivity contribution in [2.75, 3.05) is 19.7 Å². The summed E-state index contributed by atoms with van der Waals surface area (Å²) < 4.78 is 5.80. The Bertz CT molecular complexity index is 467. The smallest absolute Gasteiger partial charge is 0.0995 e. The van der Waals surface area contributed by atoms with E-state index in [4.69, 9.17) is 10.5 Å². The van der Waals surface area contributed by atoms with Gasteiger partial charge in [-0.15, -0.1) is 0 Å². The number of ether oxygens (including phenoxy) is 1. The Hall–Kier alpha value is -1.41. The molecular weight excluding hydrogens is 238 g/mol. The van der Waals surface area contributed by atoms with Crippen LogP contribution in [0.2, 0.25) is 0 Å². The molecule has 1 aliphatic rings. The number of nitriles is 1. The van der Waals surface area contributed by atoms with Crippen LogP contribution in [0.1, 0.15) is 31.0 Å². The first-order valence-electron chi connectivity index (χ1n) is 6.75. The van der Waals surface area contributed by atoms with Gasteiger partial charge < -0.3 is 10.5 Å². The fourth-order valence-corrected chi connectivity index (χ4v) is 2.77. The van der Waals surface area contributed by atoms with Crippen molar-refractivity contribution in [1.29, 1.82) is 5.26 Å². The Morgan fingerprint density at radius 2 is 2.21 bits per heavy atom. The van der Waals surface area contributed by atoms with Crippen LogP contribution in [0.15, 0.2) is 24.3 Å². The zero-order valence-corrected chi connectivity index (χ0v) is 11.5. The van der Waals surface area contributed by atoms with Gasteiger partial charge in [0.2, 0.25) is 0 Å². The van der Waals surface area contributed by atoms with Gasteiger partial charge in [-0.25, -0.2) is 0 Å². The van der Waals surface area contributed by atoms with E-state index in [0.717, 1.165) is 12.1 Å². The summed E-state index contributed by atoms with van der Waals surface area (Å²) in [7, 11) is 0. The average Bonchev–Trinajstić information content (AvgIpc) is 2.46. The van der Waals surface area contributed by atoms with Gasteiger partial charge in [0.1, 0.15) is 0 Å². The maximum Gasteiger partial charge on any atom is 0.0995 e. The minimum atomic E-state index is -0.0503. The molecule has 1 aromatic rings. The second-order valence-electron chi connectivity index (χ2n) is 5.12. The van der Waals surface area contributed by atoms with E-state index in [-0.39, 0.29) is 12.1 Å². The van der Waals surface area contributed by atoms with Crippen molar-refractivity contribution in [3.8, 4) is 6.07 Å². The fraction of sp³-hybridized carbons (Fsp3) is 0.533. The van der Waals surface area contributed by atoms with Gasteiger partial charge in [-0.3, -0.25) is 4.90 Å². The first-order chi connectivity index (χ1) is 9.19. The van der Waals surface area contributed by atoms with Crippen molar-refractivity contribution >= 4 is 0 Å². The average molecular weight is 259 g/mol. The highest BCUT2D eigenvalue weighted by Crippen LogP contribution is 2.32. The number of nitrogens with two attached hydrogens (primary N) is 1. The van der Waals surface area contributed by atoms with Crippen LogP contribution in [0.3, 0.4) is 0 Å². The van der Waals surface area contributed by atoms with Gasteiger partial charge in [0, 0.05) is 19.1 Å². The second-order valence-corrected chi connectivity index (χ2v) is 5.12. The van der Waals surface area contributed by atoms with Gasteiger partial charge >= 0.3 is 0 Å². The van der Waals surface area contributed by atoms with E-state index in [1.54, 1.807) is 0 Å². The van der Waals surface area contributed by atoms with E-state index in [2.05, 4.69) is 24.8 Å². The molecule has 1 aromatic carbocycles. The summed E-state index contributed by atoms with van der Waals surface area (Å²) in [6.45, 7) is 6.37. The molecule has 2 rings (SSSR count). The molecule has 2 unspecified atom stereocenters. The van der Waals surface area contributed by atoms with Crippen LogP contribution < -0.4 is 5.73 Å². The minimum Gasteiger partial charge on any atom is -0.374 e. The lowest BCUT2D eigenvalue weighted by atomic mass is 9.93. The van der Waals surface area contributed by atoms with Gasteiger partial charge in [0.25, 0.3) is 0 Å². The molecule has 0 bridgehead atoms. The molecule has 1 aliphatic heterocycles. The lowest BCUT2D eigenvalue weighted by molar-refractivity contribution is -0.0790. The van der Waals surface area contributed by atoms with E-state index in [1.165, 1.54) is 0 Å². The van der Waals surface area contributed by atoms with Crippen LogP contribution in [0.25, 0.3) is 0 Å². The van der Waals surface area contributed by atoms with Crippen molar-refractivity contribution in [2.24, 2.45) is 5.73 Å². The molecule has 1 heterocycles. The van der Waals surface area contributed by atoms with Crippen LogP contribution in [-0.2, 0) is 4.74 Å². The molecule has 2 atom stereocenters. The van der Waals surface area contributed by atoms with Crippen LogP contribution >= 0.6 is 0 Å². The SMILES string of the molecule is CC(C)N1CCOC(CN)C1c1ccccc1C#N. The molecule has 1 fully saturated rings. The number of nitrogens with zero attached hydrogens (tertiary/aromatic N) is 2. The number of rotatable bonds is 3. The predicted molar refractivity (Wildman–Crippen MR) is 74.5 cm³/mol. The molecule has 19 heavy (non-hydrogen) atoms. The Kier molecular flexibility index (Phi) is 4.54. The van der Waals surface area contributed by atoms with Crippen molar-refractivity contribution in [1.82, 2.24) is 4.90 Å².